The molecule has 0 saturated carbocycles. The van der Waals surface area contributed by atoms with Crippen molar-refractivity contribution in [3.63, 3.8) is 0 Å². The van der Waals surface area contributed by atoms with Crippen molar-refractivity contribution in [2.24, 2.45) is 17.6 Å². The summed E-state index contributed by atoms with van der Waals surface area (Å²) < 4.78 is 5.66. The van der Waals surface area contributed by atoms with Crippen LogP contribution >= 0.6 is 12.4 Å². The van der Waals surface area contributed by atoms with E-state index >= 15 is 0 Å². The minimum absolute atomic E-state index is 0. The molecule has 2 N–H and O–H groups in total. The van der Waals surface area contributed by atoms with Crippen LogP contribution in [0.15, 0.2) is 0 Å². The molecule has 2 unspecified atom stereocenters. The van der Waals surface area contributed by atoms with E-state index in [-0.39, 0.29) is 12.4 Å². The molecule has 12 heavy (non-hydrogen) atoms. The molecule has 0 aromatic carbocycles. The van der Waals surface area contributed by atoms with Crippen molar-refractivity contribution in [3.8, 4) is 0 Å². The van der Waals surface area contributed by atoms with E-state index in [1.165, 1.54) is 12.8 Å². The molecule has 3 heteroatoms. The number of nitrogens with two attached hydrogens (primary N) is 1. The Morgan fingerprint density at radius 3 is 2.58 bits per heavy atom. The Bertz CT molecular complexity index is 119. The second kappa shape index (κ2) is 5.79. The van der Waals surface area contributed by atoms with Crippen LogP contribution in [0.2, 0.25) is 0 Å². The maximum absolute atomic E-state index is 5.66. The lowest BCUT2D eigenvalue weighted by molar-refractivity contribution is -0.0492. The molecule has 2 atom stereocenters. The standard InChI is InChI=1S/C9H19NO.ClH/c1-7(2)9-8(6-10)4-3-5-11-9;/h7-9H,3-6,10H2,1-2H3;1H. The molecule has 1 aliphatic rings. The first-order chi connectivity index (χ1) is 5.25. The molecule has 0 aromatic heterocycles. The number of hydrogen-bond donors (Lipinski definition) is 1. The fraction of sp³-hybridized carbons (Fsp3) is 1.00. The van der Waals surface area contributed by atoms with Crippen molar-refractivity contribution < 1.29 is 4.74 Å². The zero-order valence-corrected chi connectivity index (χ0v) is 8.77. The van der Waals surface area contributed by atoms with Crippen LogP contribution in [0.1, 0.15) is 26.7 Å². The van der Waals surface area contributed by atoms with Gasteiger partial charge in [0.1, 0.15) is 0 Å². The maximum atomic E-state index is 5.66. The number of rotatable bonds is 2. The minimum Gasteiger partial charge on any atom is -0.378 e. The van der Waals surface area contributed by atoms with Crippen molar-refractivity contribution in [2.45, 2.75) is 32.8 Å². The molecule has 2 nitrogen and oxygen atoms in total. The minimum atomic E-state index is 0. The Kier molecular flexibility index (Phi) is 5.89. The lowest BCUT2D eigenvalue weighted by Gasteiger charge is -2.33. The van der Waals surface area contributed by atoms with E-state index in [4.69, 9.17) is 10.5 Å². The number of ether oxygens (including phenoxy) is 1. The summed E-state index contributed by atoms with van der Waals surface area (Å²) in [6.45, 7) is 6.12. The van der Waals surface area contributed by atoms with E-state index in [0.717, 1.165) is 13.2 Å². The normalized spacial score (nSPS) is 30.0. The average Bonchev–Trinajstić information content (AvgIpc) is 2.04. The zero-order chi connectivity index (χ0) is 8.27. The van der Waals surface area contributed by atoms with Gasteiger partial charge in [-0.2, -0.15) is 0 Å². The highest BCUT2D eigenvalue weighted by molar-refractivity contribution is 5.85. The summed E-state index contributed by atoms with van der Waals surface area (Å²) >= 11 is 0. The summed E-state index contributed by atoms with van der Waals surface area (Å²) in [6, 6.07) is 0. The maximum Gasteiger partial charge on any atom is 0.0638 e. The number of hydrogen-bond acceptors (Lipinski definition) is 2. The van der Waals surface area contributed by atoms with Gasteiger partial charge < -0.3 is 10.5 Å². The Labute approximate surface area is 81.3 Å². The zero-order valence-electron chi connectivity index (χ0n) is 7.95. The van der Waals surface area contributed by atoms with E-state index in [1.54, 1.807) is 0 Å². The summed E-state index contributed by atoms with van der Waals surface area (Å²) in [7, 11) is 0. The topological polar surface area (TPSA) is 35.2 Å². The molecule has 1 aliphatic heterocycles. The summed E-state index contributed by atoms with van der Waals surface area (Å²) in [5.41, 5.74) is 5.65. The van der Waals surface area contributed by atoms with Gasteiger partial charge in [0, 0.05) is 6.61 Å². The van der Waals surface area contributed by atoms with Gasteiger partial charge in [-0.3, -0.25) is 0 Å². The van der Waals surface area contributed by atoms with Gasteiger partial charge >= 0.3 is 0 Å². The van der Waals surface area contributed by atoms with Crippen molar-refractivity contribution in [1.29, 1.82) is 0 Å². The second-order valence-corrected chi connectivity index (χ2v) is 3.72. The van der Waals surface area contributed by atoms with Gasteiger partial charge in [-0.05, 0) is 31.2 Å². The Morgan fingerprint density at radius 1 is 1.50 bits per heavy atom. The van der Waals surface area contributed by atoms with Gasteiger partial charge in [0.15, 0.2) is 0 Å². The second-order valence-electron chi connectivity index (χ2n) is 3.72. The third-order valence-corrected chi connectivity index (χ3v) is 2.45. The fourth-order valence-electron chi connectivity index (χ4n) is 1.85. The average molecular weight is 194 g/mol. The molecule has 0 spiro atoms. The lowest BCUT2D eigenvalue weighted by Crippen LogP contribution is -2.37. The number of halogens is 1. The molecule has 1 saturated heterocycles. The SMILES string of the molecule is CC(C)C1OCCCC1CN.Cl. The largest absolute Gasteiger partial charge is 0.378 e. The Morgan fingerprint density at radius 2 is 2.17 bits per heavy atom. The third-order valence-electron chi connectivity index (χ3n) is 2.45. The summed E-state index contributed by atoms with van der Waals surface area (Å²) in [4.78, 5) is 0. The van der Waals surface area contributed by atoms with Crippen LogP contribution in [-0.2, 0) is 4.74 Å². The smallest absolute Gasteiger partial charge is 0.0638 e. The predicted octanol–water partition coefficient (Wildman–Crippen LogP) is 1.82. The van der Waals surface area contributed by atoms with E-state index in [0.29, 0.717) is 17.9 Å². The van der Waals surface area contributed by atoms with Crippen LogP contribution in [-0.4, -0.2) is 19.3 Å². The molecule has 0 aliphatic carbocycles. The van der Waals surface area contributed by atoms with Crippen molar-refractivity contribution in [1.82, 2.24) is 0 Å². The fourth-order valence-corrected chi connectivity index (χ4v) is 1.85. The molecular formula is C9H20ClNO. The van der Waals surface area contributed by atoms with E-state index in [1.807, 2.05) is 0 Å². The third kappa shape index (κ3) is 2.92. The van der Waals surface area contributed by atoms with Gasteiger partial charge in [0.25, 0.3) is 0 Å². The molecular weight excluding hydrogens is 174 g/mol. The van der Waals surface area contributed by atoms with Gasteiger partial charge in [-0.15, -0.1) is 12.4 Å². The van der Waals surface area contributed by atoms with Crippen LogP contribution < -0.4 is 5.73 Å². The molecule has 0 aromatic rings. The van der Waals surface area contributed by atoms with Crippen LogP contribution in [0.5, 0.6) is 0 Å². The Hall–Kier alpha value is 0.210. The summed E-state index contributed by atoms with van der Waals surface area (Å²) in [5, 5.41) is 0. The van der Waals surface area contributed by atoms with Crippen LogP contribution in [0.4, 0.5) is 0 Å². The molecule has 74 valence electrons. The highest BCUT2D eigenvalue weighted by atomic mass is 35.5. The van der Waals surface area contributed by atoms with Crippen molar-refractivity contribution in [2.75, 3.05) is 13.2 Å². The van der Waals surface area contributed by atoms with Crippen LogP contribution in [0, 0.1) is 11.8 Å². The van der Waals surface area contributed by atoms with Crippen molar-refractivity contribution >= 4 is 12.4 Å². The quantitative estimate of drug-likeness (QED) is 0.726. The molecule has 0 radical (unpaired) electrons. The first-order valence-corrected chi connectivity index (χ1v) is 4.57. The van der Waals surface area contributed by atoms with Crippen LogP contribution in [0.25, 0.3) is 0 Å². The van der Waals surface area contributed by atoms with Crippen molar-refractivity contribution in [3.05, 3.63) is 0 Å². The van der Waals surface area contributed by atoms with Gasteiger partial charge in [-0.25, -0.2) is 0 Å². The predicted molar refractivity (Wildman–Crippen MR) is 53.6 cm³/mol. The van der Waals surface area contributed by atoms with Gasteiger partial charge in [0.2, 0.25) is 0 Å². The lowest BCUT2D eigenvalue weighted by atomic mass is 9.88. The highest BCUT2D eigenvalue weighted by Crippen LogP contribution is 2.24. The first kappa shape index (κ1) is 12.2. The molecule has 0 amide bonds. The Balaban J connectivity index is 0.00000121. The van der Waals surface area contributed by atoms with E-state index in [2.05, 4.69) is 13.8 Å². The van der Waals surface area contributed by atoms with Gasteiger partial charge in [0.05, 0.1) is 6.10 Å². The van der Waals surface area contributed by atoms with Gasteiger partial charge in [-0.1, -0.05) is 13.8 Å². The molecule has 1 heterocycles. The summed E-state index contributed by atoms with van der Waals surface area (Å²) in [5.74, 6) is 1.22. The van der Waals surface area contributed by atoms with E-state index in [9.17, 15) is 0 Å². The first-order valence-electron chi connectivity index (χ1n) is 4.57. The molecule has 1 rings (SSSR count). The highest BCUT2D eigenvalue weighted by Gasteiger charge is 2.26. The molecule has 1 fully saturated rings. The van der Waals surface area contributed by atoms with Crippen LogP contribution in [0.3, 0.4) is 0 Å². The summed E-state index contributed by atoms with van der Waals surface area (Å²) in [6.07, 6.45) is 2.85. The molecule has 0 bridgehead atoms. The van der Waals surface area contributed by atoms with E-state index < -0.39 is 0 Å². The monoisotopic (exact) mass is 193 g/mol.